The first-order valence-electron chi connectivity index (χ1n) is 6.87. The van der Waals surface area contributed by atoms with Gasteiger partial charge in [-0.15, -0.1) is 5.10 Å². The van der Waals surface area contributed by atoms with Crippen LogP contribution in [0.4, 0.5) is 0 Å². The fraction of sp³-hybridized carbons (Fsp3) is 0.118. The standard InChI is InChI=1S/C17H15N3O2/c1-12-16(13-6-4-3-5-7-13)19-20(18-12)15-10-8-14(9-11-15)17(21)22-2/h3-11H,1-2H3. The molecule has 22 heavy (non-hydrogen) atoms. The minimum atomic E-state index is -0.360. The molecule has 1 heterocycles. The highest BCUT2D eigenvalue weighted by Gasteiger charge is 2.11. The summed E-state index contributed by atoms with van der Waals surface area (Å²) in [5.74, 6) is -0.360. The van der Waals surface area contributed by atoms with Gasteiger partial charge in [-0.25, -0.2) is 4.79 Å². The van der Waals surface area contributed by atoms with E-state index in [1.54, 1.807) is 29.1 Å². The van der Waals surface area contributed by atoms with Crippen molar-refractivity contribution in [3.8, 4) is 16.9 Å². The van der Waals surface area contributed by atoms with E-state index in [1.165, 1.54) is 7.11 Å². The molecule has 0 spiro atoms. The van der Waals surface area contributed by atoms with E-state index in [0.717, 1.165) is 22.6 Å². The van der Waals surface area contributed by atoms with Crippen LogP contribution in [-0.4, -0.2) is 28.1 Å². The van der Waals surface area contributed by atoms with Gasteiger partial charge in [-0.2, -0.15) is 9.90 Å². The Morgan fingerprint density at radius 2 is 1.68 bits per heavy atom. The van der Waals surface area contributed by atoms with Crippen LogP contribution in [0.3, 0.4) is 0 Å². The predicted octanol–water partition coefficient (Wildman–Crippen LogP) is 3.03. The second-order valence-corrected chi connectivity index (χ2v) is 4.83. The molecule has 0 saturated heterocycles. The summed E-state index contributed by atoms with van der Waals surface area (Å²) in [7, 11) is 1.36. The van der Waals surface area contributed by atoms with Gasteiger partial charge in [0, 0.05) is 5.56 Å². The maximum Gasteiger partial charge on any atom is 0.337 e. The smallest absolute Gasteiger partial charge is 0.337 e. The van der Waals surface area contributed by atoms with Gasteiger partial charge in [0.2, 0.25) is 0 Å². The molecule has 5 heteroatoms. The van der Waals surface area contributed by atoms with Gasteiger partial charge >= 0.3 is 5.97 Å². The van der Waals surface area contributed by atoms with Gasteiger partial charge in [-0.1, -0.05) is 30.3 Å². The topological polar surface area (TPSA) is 57.0 Å². The lowest BCUT2D eigenvalue weighted by Crippen LogP contribution is -2.03. The van der Waals surface area contributed by atoms with Crippen molar-refractivity contribution < 1.29 is 9.53 Å². The molecule has 0 N–H and O–H groups in total. The number of hydrogen-bond donors (Lipinski definition) is 0. The zero-order valence-electron chi connectivity index (χ0n) is 12.4. The second-order valence-electron chi connectivity index (χ2n) is 4.83. The Bertz CT molecular complexity index is 793. The van der Waals surface area contributed by atoms with Crippen LogP contribution < -0.4 is 0 Å². The Balaban J connectivity index is 1.95. The fourth-order valence-corrected chi connectivity index (χ4v) is 2.21. The number of nitrogens with zero attached hydrogens (tertiary/aromatic N) is 3. The summed E-state index contributed by atoms with van der Waals surface area (Å²) in [4.78, 5) is 13.0. The molecule has 0 unspecified atom stereocenters. The molecular formula is C17H15N3O2. The number of rotatable bonds is 3. The normalized spacial score (nSPS) is 10.5. The monoisotopic (exact) mass is 293 g/mol. The van der Waals surface area contributed by atoms with Crippen molar-refractivity contribution in [3.05, 3.63) is 65.9 Å². The molecule has 0 bridgehead atoms. The lowest BCUT2D eigenvalue weighted by atomic mass is 10.1. The van der Waals surface area contributed by atoms with Gasteiger partial charge in [-0.3, -0.25) is 0 Å². The number of benzene rings is 2. The third-order valence-corrected chi connectivity index (χ3v) is 3.35. The number of aryl methyl sites for hydroxylation is 1. The van der Waals surface area contributed by atoms with Crippen LogP contribution in [0.15, 0.2) is 54.6 Å². The summed E-state index contributed by atoms with van der Waals surface area (Å²) >= 11 is 0. The SMILES string of the molecule is COC(=O)c1ccc(-n2nc(C)c(-c3ccccc3)n2)cc1. The molecule has 3 rings (SSSR count). The number of aromatic nitrogens is 3. The molecule has 0 amide bonds. The zero-order chi connectivity index (χ0) is 15.5. The summed E-state index contributed by atoms with van der Waals surface area (Å²) in [5.41, 5.74) is 4.01. The molecule has 1 aromatic heterocycles. The van der Waals surface area contributed by atoms with E-state index >= 15 is 0 Å². The van der Waals surface area contributed by atoms with Crippen LogP contribution in [0.5, 0.6) is 0 Å². The quantitative estimate of drug-likeness (QED) is 0.696. The minimum Gasteiger partial charge on any atom is -0.465 e. The van der Waals surface area contributed by atoms with Crippen molar-refractivity contribution in [1.82, 2.24) is 15.0 Å². The molecule has 0 radical (unpaired) electrons. The maximum absolute atomic E-state index is 11.4. The number of methoxy groups -OCH3 is 1. The Morgan fingerprint density at radius 3 is 2.32 bits per heavy atom. The van der Waals surface area contributed by atoms with Gasteiger partial charge in [0.15, 0.2) is 0 Å². The van der Waals surface area contributed by atoms with Gasteiger partial charge in [-0.05, 0) is 31.2 Å². The minimum absolute atomic E-state index is 0.360. The van der Waals surface area contributed by atoms with E-state index in [0.29, 0.717) is 5.56 Å². The van der Waals surface area contributed by atoms with E-state index in [1.807, 2.05) is 37.3 Å². The van der Waals surface area contributed by atoms with Crippen molar-refractivity contribution in [2.45, 2.75) is 6.92 Å². The summed E-state index contributed by atoms with van der Waals surface area (Å²) < 4.78 is 4.69. The Hall–Kier alpha value is -2.95. The first-order valence-corrected chi connectivity index (χ1v) is 6.87. The number of ether oxygens (including phenoxy) is 1. The summed E-state index contributed by atoms with van der Waals surface area (Å²) in [6.45, 7) is 1.93. The first kappa shape index (κ1) is 14.0. The molecule has 0 fully saturated rings. The van der Waals surface area contributed by atoms with Crippen LogP contribution in [0, 0.1) is 6.92 Å². The number of carbonyl (C=O) groups is 1. The van der Waals surface area contributed by atoms with Gasteiger partial charge in [0.05, 0.1) is 24.1 Å². The van der Waals surface area contributed by atoms with Crippen molar-refractivity contribution >= 4 is 5.97 Å². The average molecular weight is 293 g/mol. The van der Waals surface area contributed by atoms with Crippen LogP contribution in [0.2, 0.25) is 0 Å². The molecule has 0 atom stereocenters. The lowest BCUT2D eigenvalue weighted by Gasteiger charge is -2.02. The highest BCUT2D eigenvalue weighted by Crippen LogP contribution is 2.20. The van der Waals surface area contributed by atoms with Crippen molar-refractivity contribution in [1.29, 1.82) is 0 Å². The fourth-order valence-electron chi connectivity index (χ4n) is 2.21. The molecule has 0 saturated carbocycles. The second kappa shape index (κ2) is 5.81. The maximum atomic E-state index is 11.4. The van der Waals surface area contributed by atoms with E-state index in [4.69, 9.17) is 0 Å². The van der Waals surface area contributed by atoms with Crippen molar-refractivity contribution in [3.63, 3.8) is 0 Å². The van der Waals surface area contributed by atoms with Crippen LogP contribution in [0.25, 0.3) is 16.9 Å². The lowest BCUT2D eigenvalue weighted by molar-refractivity contribution is 0.0600. The van der Waals surface area contributed by atoms with E-state index < -0.39 is 0 Å². The van der Waals surface area contributed by atoms with Gasteiger partial charge in [0.25, 0.3) is 0 Å². The third kappa shape index (κ3) is 2.61. The van der Waals surface area contributed by atoms with E-state index in [2.05, 4.69) is 14.9 Å². The van der Waals surface area contributed by atoms with Gasteiger partial charge < -0.3 is 4.74 Å². The average Bonchev–Trinajstić information content (AvgIpc) is 2.97. The molecule has 2 aromatic carbocycles. The van der Waals surface area contributed by atoms with Crippen LogP contribution in [-0.2, 0) is 4.74 Å². The molecular weight excluding hydrogens is 278 g/mol. The molecule has 0 aliphatic heterocycles. The predicted molar refractivity (Wildman–Crippen MR) is 82.9 cm³/mol. The Morgan fingerprint density at radius 1 is 1.00 bits per heavy atom. The van der Waals surface area contributed by atoms with Crippen molar-refractivity contribution in [2.24, 2.45) is 0 Å². The van der Waals surface area contributed by atoms with E-state index in [-0.39, 0.29) is 5.97 Å². The Labute approximate surface area is 128 Å². The van der Waals surface area contributed by atoms with Gasteiger partial charge in [0.1, 0.15) is 5.69 Å². The molecule has 3 aromatic rings. The molecule has 110 valence electrons. The third-order valence-electron chi connectivity index (χ3n) is 3.35. The molecule has 0 aliphatic carbocycles. The zero-order valence-corrected chi connectivity index (χ0v) is 12.4. The van der Waals surface area contributed by atoms with Crippen LogP contribution >= 0.6 is 0 Å². The summed E-state index contributed by atoms with van der Waals surface area (Å²) in [6.07, 6.45) is 0. The van der Waals surface area contributed by atoms with Crippen LogP contribution in [0.1, 0.15) is 16.1 Å². The summed E-state index contributed by atoms with van der Waals surface area (Å²) in [6, 6.07) is 16.9. The summed E-state index contributed by atoms with van der Waals surface area (Å²) in [5, 5.41) is 8.98. The highest BCUT2D eigenvalue weighted by molar-refractivity contribution is 5.89. The number of carbonyl (C=O) groups excluding carboxylic acids is 1. The van der Waals surface area contributed by atoms with E-state index in [9.17, 15) is 4.79 Å². The molecule has 5 nitrogen and oxygen atoms in total. The molecule has 0 aliphatic rings. The first-order chi connectivity index (χ1) is 10.7. The van der Waals surface area contributed by atoms with Crippen molar-refractivity contribution in [2.75, 3.05) is 7.11 Å². The Kier molecular flexibility index (Phi) is 3.70. The number of hydrogen-bond acceptors (Lipinski definition) is 4. The largest absolute Gasteiger partial charge is 0.465 e. The highest BCUT2D eigenvalue weighted by atomic mass is 16.5. The number of esters is 1.